The molecule has 3 heterocycles. The first-order valence-electron chi connectivity index (χ1n) is 10.1. The molecule has 0 radical (unpaired) electrons. The highest BCUT2D eigenvalue weighted by Gasteiger charge is 2.31. The number of nitrogens with two attached hydrogens (primary N) is 2. The molecule has 0 spiro atoms. The molecule has 32 heavy (non-hydrogen) atoms. The van der Waals surface area contributed by atoms with Crippen LogP contribution < -0.4 is 22.1 Å². The third-order valence-electron chi connectivity index (χ3n) is 5.75. The van der Waals surface area contributed by atoms with Gasteiger partial charge >= 0.3 is 0 Å². The summed E-state index contributed by atoms with van der Waals surface area (Å²) < 4.78 is 14.2. The van der Waals surface area contributed by atoms with Gasteiger partial charge in [-0.1, -0.05) is 6.07 Å². The molecule has 10 nitrogen and oxygen atoms in total. The number of halogens is 1. The quantitative estimate of drug-likeness (QED) is 0.408. The predicted molar refractivity (Wildman–Crippen MR) is 119 cm³/mol. The molecule has 1 atom stereocenters. The fourth-order valence-electron chi connectivity index (χ4n) is 4.03. The van der Waals surface area contributed by atoms with Crippen molar-refractivity contribution in [1.82, 2.24) is 20.1 Å². The molecule has 1 fully saturated rings. The first kappa shape index (κ1) is 21.3. The fraction of sp³-hybridized carbons (Fsp3) is 0.333. The summed E-state index contributed by atoms with van der Waals surface area (Å²) in [5, 5.41) is 24.0. The summed E-state index contributed by atoms with van der Waals surface area (Å²) in [4.78, 5) is 13.4. The van der Waals surface area contributed by atoms with Crippen molar-refractivity contribution in [3.8, 4) is 12.3 Å². The first-order valence-corrected chi connectivity index (χ1v) is 10.1. The number of nitriles is 2. The van der Waals surface area contributed by atoms with E-state index in [1.807, 2.05) is 12.3 Å². The number of benzene rings is 1. The average Bonchev–Trinajstić information content (AvgIpc) is 2.75. The largest absolute Gasteiger partial charge is 0.397 e. The van der Waals surface area contributed by atoms with Crippen molar-refractivity contribution >= 4 is 23.3 Å². The van der Waals surface area contributed by atoms with Gasteiger partial charge in [0.15, 0.2) is 6.19 Å². The van der Waals surface area contributed by atoms with Gasteiger partial charge in [0.1, 0.15) is 35.1 Å². The van der Waals surface area contributed by atoms with Gasteiger partial charge < -0.3 is 21.7 Å². The molecule has 1 aromatic carbocycles. The number of rotatable bonds is 3. The average molecular weight is 434 g/mol. The molecule has 6 N–H and O–H groups in total. The molecule has 4 rings (SSSR count). The molecule has 0 aliphatic carbocycles. The Morgan fingerprint density at radius 3 is 2.69 bits per heavy atom. The Hall–Kier alpha value is -3.93. The normalized spacial score (nSPS) is 18.6. The second-order valence-corrected chi connectivity index (χ2v) is 7.82. The second kappa shape index (κ2) is 8.67. The third-order valence-corrected chi connectivity index (χ3v) is 5.75. The molecule has 0 bridgehead atoms. The number of hydrogen-bond acceptors (Lipinski definition) is 10. The molecule has 2 aromatic rings. The lowest BCUT2D eigenvalue weighted by Gasteiger charge is -2.33. The minimum atomic E-state index is -0.703. The molecule has 2 aliphatic heterocycles. The van der Waals surface area contributed by atoms with Crippen LogP contribution in [0.25, 0.3) is 0 Å². The number of piperazine rings is 1. The summed E-state index contributed by atoms with van der Waals surface area (Å²) in [6.07, 6.45) is 1.83. The maximum atomic E-state index is 14.2. The van der Waals surface area contributed by atoms with E-state index in [0.29, 0.717) is 23.5 Å². The van der Waals surface area contributed by atoms with Gasteiger partial charge in [-0.2, -0.15) is 10.5 Å². The topological polar surface area (TPSA) is 155 Å². The van der Waals surface area contributed by atoms with Crippen LogP contribution >= 0.6 is 0 Å². The van der Waals surface area contributed by atoms with Crippen LogP contribution in [-0.4, -0.2) is 54.0 Å². The number of anilines is 3. The van der Waals surface area contributed by atoms with Crippen LogP contribution in [0.4, 0.5) is 21.7 Å². The summed E-state index contributed by atoms with van der Waals surface area (Å²) >= 11 is 0. The highest BCUT2D eigenvalue weighted by molar-refractivity contribution is 5.98. The first-order chi connectivity index (χ1) is 15.4. The summed E-state index contributed by atoms with van der Waals surface area (Å²) in [5.74, 6) is 0.0833. The molecule has 1 saturated heterocycles. The van der Waals surface area contributed by atoms with Gasteiger partial charge in [-0.15, -0.1) is 0 Å². The molecular formula is C21H23FN10. The maximum absolute atomic E-state index is 14.2. The van der Waals surface area contributed by atoms with E-state index in [0.717, 1.165) is 31.7 Å². The van der Waals surface area contributed by atoms with Crippen molar-refractivity contribution in [3.05, 3.63) is 46.3 Å². The number of hydrogen-bond donors (Lipinski definition) is 4. The van der Waals surface area contributed by atoms with E-state index in [1.54, 1.807) is 6.07 Å². The highest BCUT2D eigenvalue weighted by Crippen LogP contribution is 2.41. The Morgan fingerprint density at radius 1 is 1.25 bits per heavy atom. The van der Waals surface area contributed by atoms with Crippen LogP contribution in [-0.2, 0) is 6.54 Å². The zero-order chi connectivity index (χ0) is 22.8. The van der Waals surface area contributed by atoms with Crippen LogP contribution in [0, 0.1) is 28.6 Å². The van der Waals surface area contributed by atoms with Crippen molar-refractivity contribution < 1.29 is 4.39 Å². The number of nitrogens with one attached hydrogen (secondary N) is 2. The van der Waals surface area contributed by atoms with Crippen molar-refractivity contribution in [1.29, 1.82) is 10.5 Å². The van der Waals surface area contributed by atoms with E-state index in [4.69, 9.17) is 16.7 Å². The van der Waals surface area contributed by atoms with Crippen LogP contribution in [0.3, 0.4) is 0 Å². The van der Waals surface area contributed by atoms with Gasteiger partial charge in [-0.25, -0.2) is 14.4 Å². The number of guanidine groups is 1. The summed E-state index contributed by atoms with van der Waals surface area (Å²) in [5.41, 5.74) is 14.4. The van der Waals surface area contributed by atoms with Crippen LogP contribution in [0.15, 0.2) is 23.2 Å². The van der Waals surface area contributed by atoms with E-state index >= 15 is 0 Å². The number of nitrogen functional groups attached to an aromatic ring is 2. The standard InChI is InChI=1S/C21H23FN10/c1-31-4-6-32(7-5-31)10-12-8-13(22)2-3-14(12)18-16-17(25)15(9-23)19(26)29-20(16)30-21(28-18)27-11-24/h2-3,8,18H,4-7,10H2,1H3,(H6,25,26,27,28,29,30). The number of pyridine rings is 1. The molecule has 11 heteroatoms. The van der Waals surface area contributed by atoms with Gasteiger partial charge in [0.05, 0.1) is 5.69 Å². The monoisotopic (exact) mass is 434 g/mol. The highest BCUT2D eigenvalue weighted by atomic mass is 19.1. The zero-order valence-corrected chi connectivity index (χ0v) is 17.6. The van der Waals surface area contributed by atoms with Gasteiger partial charge in [-0.3, -0.25) is 10.2 Å². The minimum absolute atomic E-state index is 0.0232. The number of likely N-dealkylation sites (N-methyl/N-ethyl adjacent to an activating group) is 1. The van der Waals surface area contributed by atoms with E-state index in [-0.39, 0.29) is 28.8 Å². The molecule has 2 aliphatic rings. The molecule has 0 amide bonds. The van der Waals surface area contributed by atoms with Crippen molar-refractivity contribution in [2.75, 3.05) is 50.0 Å². The predicted octanol–water partition coefficient (Wildman–Crippen LogP) is 0.946. The summed E-state index contributed by atoms with van der Waals surface area (Å²) in [6.45, 7) is 4.11. The number of fused-ring (bicyclic) bond motifs is 1. The van der Waals surface area contributed by atoms with Gasteiger partial charge in [0.2, 0.25) is 5.96 Å². The van der Waals surface area contributed by atoms with Crippen LogP contribution in [0.5, 0.6) is 0 Å². The Balaban J connectivity index is 1.82. The SMILES string of the molecule is CN1CCN(Cc2cc(F)ccc2C2N=C(NC#N)Nc3nc(N)c(C#N)c(N)c32)CC1. The lowest BCUT2D eigenvalue weighted by molar-refractivity contribution is 0.147. The second-order valence-electron chi connectivity index (χ2n) is 7.82. The van der Waals surface area contributed by atoms with Crippen LogP contribution in [0.1, 0.15) is 28.3 Å². The third kappa shape index (κ3) is 3.99. The Labute approximate surface area is 184 Å². The lowest BCUT2D eigenvalue weighted by atomic mass is 9.91. The molecular weight excluding hydrogens is 411 g/mol. The molecule has 164 valence electrons. The minimum Gasteiger partial charge on any atom is -0.397 e. The summed E-state index contributed by atoms with van der Waals surface area (Å²) in [7, 11) is 2.07. The zero-order valence-electron chi connectivity index (χ0n) is 17.6. The van der Waals surface area contributed by atoms with Crippen molar-refractivity contribution in [2.45, 2.75) is 12.6 Å². The van der Waals surface area contributed by atoms with E-state index < -0.39 is 6.04 Å². The number of nitrogens with zero attached hydrogens (tertiary/aromatic N) is 6. The van der Waals surface area contributed by atoms with E-state index in [1.165, 1.54) is 12.1 Å². The van der Waals surface area contributed by atoms with Crippen molar-refractivity contribution in [3.63, 3.8) is 0 Å². The smallest absolute Gasteiger partial charge is 0.211 e. The van der Waals surface area contributed by atoms with Crippen molar-refractivity contribution in [2.24, 2.45) is 4.99 Å². The van der Waals surface area contributed by atoms with Gasteiger partial charge in [0, 0.05) is 38.3 Å². The van der Waals surface area contributed by atoms with E-state index in [9.17, 15) is 9.65 Å². The fourth-order valence-corrected chi connectivity index (χ4v) is 4.03. The maximum Gasteiger partial charge on any atom is 0.211 e. The summed E-state index contributed by atoms with van der Waals surface area (Å²) in [6, 6.07) is 5.80. The van der Waals surface area contributed by atoms with Gasteiger partial charge in [-0.05, 0) is 30.3 Å². The molecule has 1 aromatic heterocycles. The Bertz CT molecular complexity index is 1150. The van der Waals surface area contributed by atoms with Gasteiger partial charge in [0.25, 0.3) is 0 Å². The lowest BCUT2D eigenvalue weighted by Crippen LogP contribution is -2.44. The molecule has 1 unspecified atom stereocenters. The van der Waals surface area contributed by atoms with Crippen LogP contribution in [0.2, 0.25) is 0 Å². The Kier molecular flexibility index (Phi) is 5.77. The Morgan fingerprint density at radius 2 is 2.00 bits per heavy atom. The molecule has 0 saturated carbocycles. The number of aromatic nitrogens is 1. The number of aliphatic imine (C=N–C) groups is 1. The van der Waals surface area contributed by atoms with E-state index in [2.05, 4.69) is 37.5 Å².